The van der Waals surface area contributed by atoms with Crippen LogP contribution < -0.4 is 4.74 Å². The van der Waals surface area contributed by atoms with Crippen LogP contribution in [-0.2, 0) is 4.79 Å². The van der Waals surface area contributed by atoms with E-state index in [1.807, 2.05) is 6.92 Å². The Balaban J connectivity index is 2.84. The smallest absolute Gasteiger partial charge is 0.183 e. The second-order valence-corrected chi connectivity index (χ2v) is 3.62. The summed E-state index contributed by atoms with van der Waals surface area (Å²) in [6.45, 7) is 5.23. The fourth-order valence-corrected chi connectivity index (χ4v) is 1.28. The molecule has 0 aliphatic rings. The highest BCUT2D eigenvalue weighted by Crippen LogP contribution is 2.19. The van der Waals surface area contributed by atoms with E-state index in [0.717, 1.165) is 5.75 Å². The van der Waals surface area contributed by atoms with Crippen molar-refractivity contribution in [3.63, 3.8) is 0 Å². The van der Waals surface area contributed by atoms with Crippen molar-refractivity contribution in [1.29, 1.82) is 0 Å². The van der Waals surface area contributed by atoms with Gasteiger partial charge in [0.25, 0.3) is 0 Å². The van der Waals surface area contributed by atoms with Crippen molar-refractivity contribution < 1.29 is 14.6 Å². The maximum absolute atomic E-state index is 11.2. The summed E-state index contributed by atoms with van der Waals surface area (Å²) in [6.07, 6.45) is 0. The van der Waals surface area contributed by atoms with Crippen LogP contribution in [-0.4, -0.2) is 17.5 Å². The molecule has 0 unspecified atom stereocenters. The quantitative estimate of drug-likeness (QED) is 0.492. The van der Waals surface area contributed by atoms with Gasteiger partial charge in [-0.05, 0) is 38.1 Å². The van der Waals surface area contributed by atoms with Crippen LogP contribution in [0.25, 0.3) is 0 Å². The zero-order chi connectivity index (χ0) is 13.5. The molecule has 1 N–H and O–H groups in total. The lowest BCUT2D eigenvalue weighted by molar-refractivity contribution is -0.113. The van der Waals surface area contributed by atoms with Crippen LogP contribution in [0, 0.1) is 0 Å². The number of ketones is 1. The fraction of sp³-hybridized carbons (Fsp3) is 0.308. The molecule has 0 saturated carbocycles. The van der Waals surface area contributed by atoms with Gasteiger partial charge in [-0.15, -0.1) is 5.11 Å². The molecule has 5 nitrogen and oxygen atoms in total. The molecule has 1 rings (SSSR count). The van der Waals surface area contributed by atoms with Crippen molar-refractivity contribution >= 4 is 11.5 Å². The number of allylic oxidation sites excluding steroid dienone is 2. The SMILES string of the molecule is CCOc1ccc(N=N/C(C(C)=O)=C(/C)O)cc1. The predicted octanol–water partition coefficient (Wildman–Crippen LogP) is 3.55. The topological polar surface area (TPSA) is 71.2 Å². The van der Waals surface area contributed by atoms with E-state index in [1.165, 1.54) is 13.8 Å². The summed E-state index contributed by atoms with van der Waals surface area (Å²) < 4.78 is 5.29. The average molecular weight is 248 g/mol. The molecule has 1 aromatic carbocycles. The minimum absolute atomic E-state index is 0.0381. The molecule has 0 bridgehead atoms. The van der Waals surface area contributed by atoms with Gasteiger partial charge in [0.15, 0.2) is 11.5 Å². The van der Waals surface area contributed by atoms with Crippen molar-refractivity contribution in [1.82, 2.24) is 0 Å². The van der Waals surface area contributed by atoms with Gasteiger partial charge in [-0.1, -0.05) is 0 Å². The number of Topliss-reactive ketones (excluding diaryl/α,β-unsaturated/α-hetero) is 1. The third-order valence-corrected chi connectivity index (χ3v) is 2.09. The number of hydrogen-bond acceptors (Lipinski definition) is 5. The van der Waals surface area contributed by atoms with Gasteiger partial charge < -0.3 is 9.84 Å². The number of azo groups is 1. The Morgan fingerprint density at radius 1 is 1.28 bits per heavy atom. The molecule has 0 spiro atoms. The summed E-state index contributed by atoms with van der Waals surface area (Å²) in [5, 5.41) is 16.9. The summed E-state index contributed by atoms with van der Waals surface area (Å²) >= 11 is 0. The second kappa shape index (κ2) is 6.54. The third-order valence-electron chi connectivity index (χ3n) is 2.09. The Morgan fingerprint density at radius 2 is 1.89 bits per heavy atom. The normalized spacial score (nSPS) is 12.4. The lowest BCUT2D eigenvalue weighted by Crippen LogP contribution is -1.96. The van der Waals surface area contributed by atoms with Crippen LogP contribution in [0.4, 0.5) is 5.69 Å². The molecule has 0 aromatic heterocycles. The van der Waals surface area contributed by atoms with E-state index in [0.29, 0.717) is 12.3 Å². The first-order chi connectivity index (χ1) is 8.54. The first kappa shape index (κ1) is 13.9. The van der Waals surface area contributed by atoms with E-state index in [1.54, 1.807) is 24.3 Å². The minimum atomic E-state index is -0.329. The van der Waals surface area contributed by atoms with E-state index < -0.39 is 0 Å². The first-order valence-corrected chi connectivity index (χ1v) is 5.60. The van der Waals surface area contributed by atoms with Crippen LogP contribution in [0.15, 0.2) is 46.0 Å². The standard InChI is InChI=1S/C13H16N2O3/c1-4-18-12-7-5-11(6-8-12)14-15-13(9(2)16)10(3)17/h5-8,16H,4H2,1-3H3/b13-9-,15-14?. The van der Waals surface area contributed by atoms with Gasteiger partial charge >= 0.3 is 0 Å². The molecular formula is C13H16N2O3. The molecule has 5 heteroatoms. The third kappa shape index (κ3) is 4.01. The Hall–Kier alpha value is -2.17. The van der Waals surface area contributed by atoms with E-state index in [9.17, 15) is 9.90 Å². The molecule has 0 aliphatic heterocycles. The molecule has 96 valence electrons. The molecule has 0 heterocycles. The summed E-state index contributed by atoms with van der Waals surface area (Å²) in [6, 6.07) is 6.97. The Bertz CT molecular complexity index is 472. The van der Waals surface area contributed by atoms with Crippen molar-refractivity contribution in [2.24, 2.45) is 10.2 Å². The van der Waals surface area contributed by atoms with E-state index >= 15 is 0 Å². The number of aliphatic hydroxyl groups excluding tert-OH is 1. The van der Waals surface area contributed by atoms with Crippen molar-refractivity contribution in [3.05, 3.63) is 35.7 Å². The number of benzene rings is 1. The zero-order valence-electron chi connectivity index (χ0n) is 10.7. The van der Waals surface area contributed by atoms with Crippen LogP contribution in [0.5, 0.6) is 5.75 Å². The molecule has 0 atom stereocenters. The van der Waals surface area contributed by atoms with Crippen LogP contribution in [0.2, 0.25) is 0 Å². The second-order valence-electron chi connectivity index (χ2n) is 3.62. The number of ether oxygens (including phenoxy) is 1. The average Bonchev–Trinajstić information content (AvgIpc) is 2.31. The maximum atomic E-state index is 11.2. The van der Waals surface area contributed by atoms with Gasteiger partial charge in [-0.3, -0.25) is 4.79 Å². The van der Waals surface area contributed by atoms with Crippen LogP contribution in [0.3, 0.4) is 0 Å². The van der Waals surface area contributed by atoms with Gasteiger partial charge in [-0.25, -0.2) is 0 Å². The monoisotopic (exact) mass is 248 g/mol. The highest BCUT2D eigenvalue weighted by molar-refractivity contribution is 5.93. The lowest BCUT2D eigenvalue weighted by Gasteiger charge is -2.01. The molecule has 0 fully saturated rings. The molecule has 0 amide bonds. The minimum Gasteiger partial charge on any atom is -0.510 e. The lowest BCUT2D eigenvalue weighted by atomic mass is 10.3. The number of hydrogen-bond donors (Lipinski definition) is 1. The number of carbonyl (C=O) groups is 1. The Kier molecular flexibility index (Phi) is 5.05. The highest BCUT2D eigenvalue weighted by Gasteiger charge is 2.06. The molecule has 18 heavy (non-hydrogen) atoms. The Labute approximate surface area is 106 Å². The van der Waals surface area contributed by atoms with Crippen LogP contribution >= 0.6 is 0 Å². The summed E-state index contributed by atoms with van der Waals surface area (Å²) in [5.41, 5.74) is 0.544. The molecule has 0 radical (unpaired) electrons. The van der Waals surface area contributed by atoms with E-state index in [4.69, 9.17) is 4.74 Å². The first-order valence-electron chi connectivity index (χ1n) is 5.60. The van der Waals surface area contributed by atoms with Crippen molar-refractivity contribution in [2.75, 3.05) is 6.61 Å². The fourth-order valence-electron chi connectivity index (χ4n) is 1.28. The van der Waals surface area contributed by atoms with Gasteiger partial charge in [0, 0.05) is 6.92 Å². The molecule has 0 saturated heterocycles. The molecular weight excluding hydrogens is 232 g/mol. The van der Waals surface area contributed by atoms with E-state index in [-0.39, 0.29) is 17.2 Å². The van der Waals surface area contributed by atoms with Crippen LogP contribution in [0.1, 0.15) is 20.8 Å². The number of carbonyl (C=O) groups excluding carboxylic acids is 1. The van der Waals surface area contributed by atoms with Gasteiger partial charge in [0.1, 0.15) is 11.5 Å². The van der Waals surface area contributed by atoms with Crippen molar-refractivity contribution in [2.45, 2.75) is 20.8 Å². The van der Waals surface area contributed by atoms with Gasteiger partial charge in [0.2, 0.25) is 0 Å². The van der Waals surface area contributed by atoms with Gasteiger partial charge in [-0.2, -0.15) is 5.11 Å². The number of nitrogens with zero attached hydrogens (tertiary/aromatic N) is 2. The predicted molar refractivity (Wildman–Crippen MR) is 68.1 cm³/mol. The number of rotatable bonds is 5. The maximum Gasteiger partial charge on any atom is 0.183 e. The van der Waals surface area contributed by atoms with E-state index in [2.05, 4.69) is 10.2 Å². The Morgan fingerprint density at radius 3 is 2.33 bits per heavy atom. The zero-order valence-corrected chi connectivity index (χ0v) is 10.7. The number of aliphatic hydroxyl groups is 1. The largest absolute Gasteiger partial charge is 0.510 e. The molecule has 0 aliphatic carbocycles. The van der Waals surface area contributed by atoms with Crippen molar-refractivity contribution in [3.8, 4) is 5.75 Å². The summed E-state index contributed by atoms with van der Waals surface area (Å²) in [7, 11) is 0. The summed E-state index contributed by atoms with van der Waals surface area (Å²) in [5.74, 6) is 0.277. The summed E-state index contributed by atoms with van der Waals surface area (Å²) in [4.78, 5) is 11.2. The highest BCUT2D eigenvalue weighted by atomic mass is 16.5. The van der Waals surface area contributed by atoms with Gasteiger partial charge in [0.05, 0.1) is 12.3 Å². The molecule has 1 aromatic rings.